The van der Waals surface area contributed by atoms with Crippen LogP contribution in [0.15, 0.2) is 66.7 Å². The minimum atomic E-state index is -0.612. The third kappa shape index (κ3) is 1.84. The fourth-order valence-electron chi connectivity index (χ4n) is 3.28. The molecule has 3 aromatic rings. The first-order valence-electron chi connectivity index (χ1n) is 7.40. The van der Waals surface area contributed by atoms with Crippen LogP contribution in [0.2, 0.25) is 0 Å². The van der Waals surface area contributed by atoms with Crippen molar-refractivity contribution >= 4 is 27.5 Å². The van der Waals surface area contributed by atoms with Gasteiger partial charge < -0.3 is 4.74 Å². The highest BCUT2D eigenvalue weighted by atomic mass is 16.6. The summed E-state index contributed by atoms with van der Waals surface area (Å²) in [5.74, 6) is -0.291. The lowest BCUT2D eigenvalue weighted by Gasteiger charge is -2.23. The van der Waals surface area contributed by atoms with Gasteiger partial charge in [-0.3, -0.25) is 0 Å². The highest BCUT2D eigenvalue weighted by molar-refractivity contribution is 6.07. The Morgan fingerprint density at radius 3 is 2.41 bits per heavy atom. The van der Waals surface area contributed by atoms with Crippen LogP contribution in [0.25, 0.3) is 21.5 Å². The summed E-state index contributed by atoms with van der Waals surface area (Å²) in [6, 6.07) is 18.9. The summed E-state index contributed by atoms with van der Waals surface area (Å²) in [7, 11) is 0. The van der Waals surface area contributed by atoms with Crippen molar-refractivity contribution in [2.24, 2.45) is 0 Å². The summed E-state index contributed by atoms with van der Waals surface area (Å²) in [6.07, 6.45) is 0.544. The number of rotatable bonds is 1. The standard InChI is InChI=1S/C20H16O2/c1-13-12-20(2,22-19(13)21)16-10-9-15-8-7-14-5-3-4-6-17(14)18(15)11-16/h3-11H,1,12H2,2H3. The summed E-state index contributed by atoms with van der Waals surface area (Å²) in [5.41, 5.74) is 0.947. The van der Waals surface area contributed by atoms with Crippen LogP contribution < -0.4 is 0 Å². The van der Waals surface area contributed by atoms with Crippen molar-refractivity contribution in [3.63, 3.8) is 0 Å². The number of carbonyl (C=O) groups excluding carboxylic acids is 1. The van der Waals surface area contributed by atoms with E-state index >= 15 is 0 Å². The smallest absolute Gasteiger partial charge is 0.334 e. The number of hydrogen-bond donors (Lipinski definition) is 0. The zero-order valence-electron chi connectivity index (χ0n) is 12.4. The van der Waals surface area contributed by atoms with Crippen molar-refractivity contribution in [1.82, 2.24) is 0 Å². The van der Waals surface area contributed by atoms with Crippen LogP contribution >= 0.6 is 0 Å². The van der Waals surface area contributed by atoms with Crippen molar-refractivity contribution in [1.29, 1.82) is 0 Å². The van der Waals surface area contributed by atoms with Crippen LogP contribution in [-0.4, -0.2) is 5.97 Å². The number of hydrogen-bond acceptors (Lipinski definition) is 2. The summed E-state index contributed by atoms with van der Waals surface area (Å²) in [5, 5.41) is 4.80. The van der Waals surface area contributed by atoms with Gasteiger partial charge in [0.25, 0.3) is 0 Å². The second kappa shape index (κ2) is 4.44. The van der Waals surface area contributed by atoms with Crippen LogP contribution in [-0.2, 0) is 15.1 Å². The van der Waals surface area contributed by atoms with E-state index in [2.05, 4.69) is 43.0 Å². The maximum atomic E-state index is 11.7. The molecule has 0 N–H and O–H groups in total. The molecule has 0 aromatic heterocycles. The molecule has 3 aromatic carbocycles. The van der Waals surface area contributed by atoms with E-state index in [-0.39, 0.29) is 5.97 Å². The number of carbonyl (C=O) groups is 1. The Morgan fingerprint density at radius 1 is 1.00 bits per heavy atom. The third-order valence-corrected chi connectivity index (χ3v) is 4.51. The fourth-order valence-corrected chi connectivity index (χ4v) is 3.28. The average molecular weight is 288 g/mol. The van der Waals surface area contributed by atoms with Gasteiger partial charge in [0.15, 0.2) is 0 Å². The predicted octanol–water partition coefficient (Wildman–Crippen LogP) is 4.71. The SMILES string of the molecule is C=C1CC(C)(c2ccc3ccc4ccccc4c3c2)OC1=O. The molecule has 1 heterocycles. The van der Waals surface area contributed by atoms with E-state index in [1.54, 1.807) is 0 Å². The maximum absolute atomic E-state index is 11.7. The molecule has 1 aliphatic heterocycles. The molecule has 1 saturated heterocycles. The van der Waals surface area contributed by atoms with E-state index < -0.39 is 5.60 Å². The Hall–Kier alpha value is -2.61. The number of cyclic esters (lactones) is 1. The van der Waals surface area contributed by atoms with Crippen LogP contribution in [0.1, 0.15) is 18.9 Å². The van der Waals surface area contributed by atoms with E-state index in [4.69, 9.17) is 4.74 Å². The van der Waals surface area contributed by atoms with Crippen LogP contribution in [0.5, 0.6) is 0 Å². The van der Waals surface area contributed by atoms with E-state index in [1.807, 2.05) is 25.1 Å². The lowest BCUT2D eigenvalue weighted by atomic mass is 9.89. The molecule has 1 aliphatic rings. The van der Waals surface area contributed by atoms with Gasteiger partial charge in [0, 0.05) is 12.0 Å². The first kappa shape index (κ1) is 13.1. The Bertz CT molecular complexity index is 921. The highest BCUT2D eigenvalue weighted by Crippen LogP contribution is 2.40. The van der Waals surface area contributed by atoms with Gasteiger partial charge in [-0.1, -0.05) is 55.1 Å². The van der Waals surface area contributed by atoms with Crippen molar-refractivity contribution in [2.75, 3.05) is 0 Å². The zero-order valence-corrected chi connectivity index (χ0v) is 12.4. The molecular formula is C20H16O2. The number of esters is 1. The minimum absolute atomic E-state index is 0.291. The van der Waals surface area contributed by atoms with Crippen LogP contribution in [0.3, 0.4) is 0 Å². The molecule has 1 fully saturated rings. The number of ether oxygens (including phenoxy) is 1. The topological polar surface area (TPSA) is 26.3 Å². The van der Waals surface area contributed by atoms with Crippen molar-refractivity contribution in [2.45, 2.75) is 18.9 Å². The molecule has 0 aliphatic carbocycles. The first-order chi connectivity index (χ1) is 10.6. The molecule has 1 atom stereocenters. The second-order valence-corrected chi connectivity index (χ2v) is 6.12. The van der Waals surface area contributed by atoms with Crippen LogP contribution in [0.4, 0.5) is 0 Å². The van der Waals surface area contributed by atoms with Gasteiger partial charge in [0.05, 0.1) is 0 Å². The van der Waals surface area contributed by atoms with Crippen molar-refractivity contribution in [3.8, 4) is 0 Å². The molecule has 2 heteroatoms. The van der Waals surface area contributed by atoms with Gasteiger partial charge >= 0.3 is 5.97 Å². The molecule has 0 saturated carbocycles. The second-order valence-electron chi connectivity index (χ2n) is 6.12. The Morgan fingerprint density at radius 2 is 1.68 bits per heavy atom. The Balaban J connectivity index is 1.95. The maximum Gasteiger partial charge on any atom is 0.334 e. The van der Waals surface area contributed by atoms with Gasteiger partial charge in [0.1, 0.15) is 5.60 Å². The van der Waals surface area contributed by atoms with E-state index in [0.29, 0.717) is 12.0 Å². The van der Waals surface area contributed by atoms with Gasteiger partial charge in [-0.15, -0.1) is 0 Å². The van der Waals surface area contributed by atoms with Gasteiger partial charge in [-0.2, -0.15) is 0 Å². The lowest BCUT2D eigenvalue weighted by molar-refractivity contribution is -0.145. The predicted molar refractivity (Wildman–Crippen MR) is 88.7 cm³/mol. The molecule has 22 heavy (non-hydrogen) atoms. The Labute approximate surface area is 129 Å². The number of benzene rings is 3. The lowest BCUT2D eigenvalue weighted by Crippen LogP contribution is -2.20. The monoisotopic (exact) mass is 288 g/mol. The first-order valence-corrected chi connectivity index (χ1v) is 7.40. The van der Waals surface area contributed by atoms with Crippen molar-refractivity contribution in [3.05, 3.63) is 72.3 Å². The van der Waals surface area contributed by atoms with Crippen LogP contribution in [0, 0.1) is 0 Å². The molecule has 0 radical (unpaired) electrons. The highest BCUT2D eigenvalue weighted by Gasteiger charge is 2.40. The summed E-state index contributed by atoms with van der Waals surface area (Å²) in [4.78, 5) is 11.7. The zero-order chi connectivity index (χ0) is 15.3. The van der Waals surface area contributed by atoms with Gasteiger partial charge in [-0.05, 0) is 40.1 Å². The summed E-state index contributed by atoms with van der Waals surface area (Å²) >= 11 is 0. The molecule has 0 amide bonds. The molecule has 4 rings (SSSR count). The molecule has 108 valence electrons. The van der Waals surface area contributed by atoms with Gasteiger partial charge in [-0.25, -0.2) is 4.79 Å². The van der Waals surface area contributed by atoms with E-state index in [1.165, 1.54) is 21.5 Å². The van der Waals surface area contributed by atoms with E-state index in [0.717, 1.165) is 5.56 Å². The molecule has 0 bridgehead atoms. The quantitative estimate of drug-likeness (QED) is 0.368. The summed E-state index contributed by atoms with van der Waals surface area (Å²) in [6.45, 7) is 5.75. The Kier molecular flexibility index (Phi) is 2.64. The molecule has 2 nitrogen and oxygen atoms in total. The molecule has 0 spiro atoms. The largest absolute Gasteiger partial charge is 0.451 e. The summed E-state index contributed by atoms with van der Waals surface area (Å²) < 4.78 is 5.57. The minimum Gasteiger partial charge on any atom is -0.451 e. The van der Waals surface area contributed by atoms with E-state index in [9.17, 15) is 4.79 Å². The third-order valence-electron chi connectivity index (χ3n) is 4.51. The normalized spacial score (nSPS) is 21.5. The van der Waals surface area contributed by atoms with Crippen molar-refractivity contribution < 1.29 is 9.53 Å². The average Bonchev–Trinajstić information content (AvgIpc) is 2.80. The molecular weight excluding hydrogens is 272 g/mol. The molecule has 1 unspecified atom stereocenters. The fraction of sp³-hybridized carbons (Fsp3) is 0.150. The number of fused-ring (bicyclic) bond motifs is 3. The van der Waals surface area contributed by atoms with Gasteiger partial charge in [0.2, 0.25) is 0 Å².